The van der Waals surface area contributed by atoms with Crippen molar-refractivity contribution in [2.45, 2.75) is 38.8 Å². The Morgan fingerprint density at radius 1 is 1.08 bits per heavy atom. The van der Waals surface area contributed by atoms with Crippen molar-refractivity contribution < 1.29 is 19.2 Å². The zero-order chi connectivity index (χ0) is 25.0. The second-order valence-corrected chi connectivity index (χ2v) is 10.2. The molecule has 3 aliphatic rings. The van der Waals surface area contributed by atoms with E-state index >= 15 is 0 Å². The zero-order valence-corrected chi connectivity index (χ0v) is 20.4. The van der Waals surface area contributed by atoms with Crippen molar-refractivity contribution in [1.29, 1.82) is 0 Å². The van der Waals surface area contributed by atoms with E-state index in [9.17, 15) is 19.2 Å². The molecule has 1 atom stereocenters. The highest BCUT2D eigenvalue weighted by Gasteiger charge is 2.44. The van der Waals surface area contributed by atoms with Gasteiger partial charge in [-0.25, -0.2) is 9.97 Å². The molecule has 5 heterocycles. The molecule has 0 radical (unpaired) electrons. The summed E-state index contributed by atoms with van der Waals surface area (Å²) in [6.45, 7) is 4.31. The van der Waals surface area contributed by atoms with E-state index in [-0.39, 0.29) is 18.7 Å². The number of hydrogen-bond acceptors (Lipinski definition) is 8. The number of thiophene rings is 1. The smallest absolute Gasteiger partial charge is 0.262 e. The monoisotopic (exact) mass is 501 g/mol. The van der Waals surface area contributed by atoms with Crippen molar-refractivity contribution in [3.05, 3.63) is 63.9 Å². The third kappa shape index (κ3) is 3.73. The second-order valence-electron chi connectivity index (χ2n) is 9.36. The summed E-state index contributed by atoms with van der Waals surface area (Å²) in [5.41, 5.74) is 4.95. The Balaban J connectivity index is 1.18. The molecular formula is C26H23N5O4S. The average Bonchev–Trinajstić information content (AvgIpc) is 3.37. The van der Waals surface area contributed by atoms with Gasteiger partial charge in [0.05, 0.1) is 16.8 Å². The number of fused-ring (bicyclic) bond motifs is 2. The lowest BCUT2D eigenvalue weighted by atomic mass is 10.00. The molecule has 1 aromatic carbocycles. The maximum absolute atomic E-state index is 13.1. The number of benzene rings is 1. The molecule has 182 valence electrons. The summed E-state index contributed by atoms with van der Waals surface area (Å²) in [6.07, 6.45) is 4.94. The van der Waals surface area contributed by atoms with E-state index in [1.807, 2.05) is 6.07 Å². The number of amides is 4. The van der Waals surface area contributed by atoms with Gasteiger partial charge in [-0.15, -0.1) is 11.3 Å². The molecule has 10 heteroatoms. The van der Waals surface area contributed by atoms with Gasteiger partial charge in [0.15, 0.2) is 0 Å². The fourth-order valence-corrected chi connectivity index (χ4v) is 6.10. The molecule has 1 N–H and O–H groups in total. The predicted molar refractivity (Wildman–Crippen MR) is 133 cm³/mol. The maximum Gasteiger partial charge on any atom is 0.262 e. The third-order valence-electron chi connectivity index (χ3n) is 7.06. The zero-order valence-electron chi connectivity index (χ0n) is 19.6. The normalized spacial score (nSPS) is 20.6. The summed E-state index contributed by atoms with van der Waals surface area (Å²) in [5, 5.41) is 5.46. The Bertz CT molecular complexity index is 1490. The molecular weight excluding hydrogens is 478 g/mol. The Kier molecular flexibility index (Phi) is 5.50. The first-order valence-electron chi connectivity index (χ1n) is 11.9. The van der Waals surface area contributed by atoms with Gasteiger partial charge in [0.2, 0.25) is 11.8 Å². The van der Waals surface area contributed by atoms with Crippen molar-refractivity contribution >= 4 is 50.8 Å². The van der Waals surface area contributed by atoms with Gasteiger partial charge < -0.3 is 0 Å². The van der Waals surface area contributed by atoms with Crippen LogP contribution in [0.3, 0.4) is 0 Å². The van der Waals surface area contributed by atoms with Crippen LogP contribution in [0.15, 0.2) is 36.0 Å². The Hall–Kier alpha value is -3.76. The van der Waals surface area contributed by atoms with Gasteiger partial charge >= 0.3 is 0 Å². The Morgan fingerprint density at radius 3 is 2.69 bits per heavy atom. The second kappa shape index (κ2) is 8.72. The lowest BCUT2D eigenvalue weighted by Gasteiger charge is -2.27. The number of aryl methyl sites for hydroxylation is 1. The predicted octanol–water partition coefficient (Wildman–Crippen LogP) is 2.69. The van der Waals surface area contributed by atoms with Crippen LogP contribution in [0.1, 0.15) is 56.8 Å². The lowest BCUT2D eigenvalue weighted by molar-refractivity contribution is -0.136. The van der Waals surface area contributed by atoms with Gasteiger partial charge in [-0.2, -0.15) is 0 Å². The van der Waals surface area contributed by atoms with Crippen molar-refractivity contribution in [2.24, 2.45) is 0 Å². The van der Waals surface area contributed by atoms with Crippen LogP contribution in [0.4, 0.5) is 0 Å². The molecule has 9 nitrogen and oxygen atoms in total. The minimum Gasteiger partial charge on any atom is -0.295 e. The van der Waals surface area contributed by atoms with Gasteiger partial charge in [0.25, 0.3) is 11.8 Å². The quantitative estimate of drug-likeness (QED) is 0.547. The number of carbonyl (C=O) groups is 4. The summed E-state index contributed by atoms with van der Waals surface area (Å²) >= 11 is 1.63. The minimum absolute atomic E-state index is 0.103. The van der Waals surface area contributed by atoms with Gasteiger partial charge in [0.1, 0.15) is 17.2 Å². The molecule has 3 aromatic rings. The number of imide groups is 2. The summed E-state index contributed by atoms with van der Waals surface area (Å²) in [5.74, 6) is -1.95. The van der Waals surface area contributed by atoms with Gasteiger partial charge in [0, 0.05) is 31.4 Å². The number of aromatic nitrogens is 2. The highest BCUT2D eigenvalue weighted by Crippen LogP contribution is 2.33. The topological polar surface area (TPSA) is 113 Å². The maximum atomic E-state index is 13.1. The number of nitrogens with zero attached hydrogens (tertiary/aromatic N) is 4. The Labute approximate surface area is 210 Å². The van der Waals surface area contributed by atoms with Gasteiger partial charge in [-0.3, -0.25) is 34.3 Å². The number of hydrogen-bond donors (Lipinski definition) is 1. The first-order chi connectivity index (χ1) is 17.4. The highest BCUT2D eigenvalue weighted by atomic mass is 32.1. The number of rotatable bonds is 4. The summed E-state index contributed by atoms with van der Waals surface area (Å²) in [4.78, 5) is 63.0. The molecule has 2 aromatic heterocycles. The molecule has 1 fully saturated rings. The summed E-state index contributed by atoms with van der Waals surface area (Å²) in [6, 6.07) is 4.33. The van der Waals surface area contributed by atoms with E-state index in [1.165, 1.54) is 11.1 Å². The molecule has 0 spiro atoms. The van der Waals surface area contributed by atoms with Crippen LogP contribution in [-0.4, -0.2) is 62.5 Å². The first-order valence-corrected chi connectivity index (χ1v) is 12.7. The molecule has 36 heavy (non-hydrogen) atoms. The largest absolute Gasteiger partial charge is 0.295 e. The van der Waals surface area contributed by atoms with Crippen LogP contribution in [0.2, 0.25) is 0 Å². The van der Waals surface area contributed by atoms with E-state index in [4.69, 9.17) is 0 Å². The fraction of sp³-hybridized carbons (Fsp3) is 0.308. The minimum atomic E-state index is -0.954. The molecule has 0 bridgehead atoms. The standard InChI is InChI=1S/C26H23N5O4S/c1-14-12-36-24-21(14)22(27-13-28-24)16-6-8-30(9-7-16)11-15-2-3-17-18(10-15)26(35)31(25(17)34)19-4-5-20(32)29-23(19)33/h2-3,6,10,12-13,19H,4-5,7-9,11H2,1H3,(H,29,32,33). The van der Waals surface area contributed by atoms with Crippen LogP contribution >= 0.6 is 11.3 Å². The van der Waals surface area contributed by atoms with Crippen LogP contribution in [-0.2, 0) is 16.1 Å². The lowest BCUT2D eigenvalue weighted by Crippen LogP contribution is -2.54. The summed E-state index contributed by atoms with van der Waals surface area (Å²) in [7, 11) is 0. The van der Waals surface area contributed by atoms with Gasteiger partial charge in [-0.05, 0) is 54.0 Å². The molecule has 1 saturated heterocycles. The van der Waals surface area contributed by atoms with Crippen molar-refractivity contribution in [3.8, 4) is 0 Å². The van der Waals surface area contributed by atoms with Crippen LogP contribution in [0.5, 0.6) is 0 Å². The number of nitrogens with one attached hydrogen (secondary N) is 1. The van der Waals surface area contributed by atoms with E-state index < -0.39 is 23.8 Å². The van der Waals surface area contributed by atoms with E-state index in [2.05, 4.69) is 38.6 Å². The van der Waals surface area contributed by atoms with Crippen LogP contribution in [0, 0.1) is 6.92 Å². The first kappa shape index (κ1) is 22.7. The molecule has 0 aliphatic carbocycles. The number of carbonyl (C=O) groups excluding carboxylic acids is 4. The highest BCUT2D eigenvalue weighted by molar-refractivity contribution is 7.17. The van der Waals surface area contributed by atoms with E-state index in [0.717, 1.165) is 45.9 Å². The van der Waals surface area contributed by atoms with Crippen LogP contribution < -0.4 is 5.32 Å². The average molecular weight is 502 g/mol. The fourth-order valence-electron chi connectivity index (χ4n) is 5.21. The molecule has 3 aliphatic heterocycles. The Morgan fingerprint density at radius 2 is 1.92 bits per heavy atom. The van der Waals surface area contributed by atoms with E-state index in [0.29, 0.717) is 17.7 Å². The molecule has 6 rings (SSSR count). The van der Waals surface area contributed by atoms with Gasteiger partial charge in [-0.1, -0.05) is 12.1 Å². The summed E-state index contributed by atoms with van der Waals surface area (Å²) < 4.78 is 0. The third-order valence-corrected chi connectivity index (χ3v) is 8.07. The van der Waals surface area contributed by atoms with Crippen molar-refractivity contribution in [3.63, 3.8) is 0 Å². The van der Waals surface area contributed by atoms with Crippen molar-refractivity contribution in [2.75, 3.05) is 13.1 Å². The SMILES string of the molecule is Cc1csc2ncnc(C3=CCN(Cc4ccc5c(c4)C(=O)N(C4CCC(=O)NC4=O)C5=O)CC3)c12. The van der Waals surface area contributed by atoms with Crippen LogP contribution in [0.25, 0.3) is 15.8 Å². The molecule has 0 saturated carbocycles. The van der Waals surface area contributed by atoms with E-state index in [1.54, 1.807) is 29.8 Å². The molecule has 4 amide bonds. The molecule has 1 unspecified atom stereocenters. The number of piperidine rings is 1. The van der Waals surface area contributed by atoms with Crippen molar-refractivity contribution in [1.82, 2.24) is 25.1 Å².